The summed E-state index contributed by atoms with van der Waals surface area (Å²) in [5, 5.41) is 2.07. The minimum absolute atomic E-state index is 0.808. The van der Waals surface area contributed by atoms with Crippen LogP contribution in [0.1, 0.15) is 17.5 Å². The number of nitrogens with one attached hydrogen (secondary N) is 1. The molecule has 1 aromatic heterocycles. The van der Waals surface area contributed by atoms with Gasteiger partial charge in [0.15, 0.2) is 0 Å². The number of ether oxygens (including phenoxy) is 1. The van der Waals surface area contributed by atoms with Crippen molar-refractivity contribution in [3.63, 3.8) is 0 Å². The van der Waals surface area contributed by atoms with Crippen molar-refractivity contribution in [2.75, 3.05) is 68.8 Å². The van der Waals surface area contributed by atoms with Crippen LogP contribution in [-0.4, -0.2) is 68.9 Å². The summed E-state index contributed by atoms with van der Waals surface area (Å²) in [6.07, 6.45) is 4.40. The summed E-state index contributed by atoms with van der Waals surface area (Å²) < 4.78 is 5.54. The highest BCUT2D eigenvalue weighted by atomic mass is 35.5. The van der Waals surface area contributed by atoms with Crippen LogP contribution in [0.4, 0.5) is 11.4 Å². The molecule has 0 saturated carbocycles. The quantitative estimate of drug-likeness (QED) is 0.586. The smallest absolute Gasteiger partial charge is 0.0642 e. The summed E-state index contributed by atoms with van der Waals surface area (Å²) in [6.45, 7) is 11.5. The normalized spacial score (nSPS) is 17.9. The van der Waals surface area contributed by atoms with Crippen LogP contribution in [0.2, 0.25) is 5.02 Å². The molecule has 170 valence electrons. The van der Waals surface area contributed by atoms with Crippen molar-refractivity contribution in [1.82, 2.24) is 9.88 Å². The second-order valence-electron chi connectivity index (χ2n) is 8.96. The highest BCUT2D eigenvalue weighted by molar-refractivity contribution is 6.31. The van der Waals surface area contributed by atoms with E-state index in [2.05, 4.69) is 63.1 Å². The predicted octanol–water partition coefficient (Wildman–Crippen LogP) is 4.72. The molecule has 1 N–H and O–H groups in total. The maximum absolute atomic E-state index is 6.20. The molecule has 0 amide bonds. The van der Waals surface area contributed by atoms with Crippen molar-refractivity contribution in [3.05, 3.63) is 58.7 Å². The summed E-state index contributed by atoms with van der Waals surface area (Å²) >= 11 is 6.20. The Morgan fingerprint density at radius 2 is 1.66 bits per heavy atom. The van der Waals surface area contributed by atoms with Crippen LogP contribution in [0.25, 0.3) is 10.9 Å². The monoisotopic (exact) mass is 452 g/mol. The molecular weight excluding hydrogens is 420 g/mol. The van der Waals surface area contributed by atoms with Crippen LogP contribution in [-0.2, 0) is 11.2 Å². The van der Waals surface area contributed by atoms with E-state index >= 15 is 0 Å². The molecule has 2 aliphatic rings. The zero-order valence-corrected chi connectivity index (χ0v) is 19.7. The first kappa shape index (κ1) is 21.6. The van der Waals surface area contributed by atoms with E-state index in [9.17, 15) is 0 Å². The molecule has 0 aliphatic carbocycles. The molecule has 0 spiro atoms. The average molecular weight is 453 g/mol. The number of benzene rings is 2. The molecule has 0 unspecified atom stereocenters. The second-order valence-corrected chi connectivity index (χ2v) is 9.39. The van der Waals surface area contributed by atoms with Crippen LogP contribution in [0.15, 0.2) is 42.6 Å². The van der Waals surface area contributed by atoms with Gasteiger partial charge in [-0.15, -0.1) is 0 Å². The van der Waals surface area contributed by atoms with E-state index in [0.29, 0.717) is 0 Å². The number of aromatic nitrogens is 1. The number of hydrogen-bond donors (Lipinski definition) is 1. The molecule has 0 atom stereocenters. The van der Waals surface area contributed by atoms with Gasteiger partial charge in [0.25, 0.3) is 0 Å². The SMILES string of the molecule is Cc1c(N2CCOCC2)cccc1N1CCN(CCCc2c[nH]c3ccc(Cl)cc23)CC1. The number of morpholine rings is 1. The number of rotatable bonds is 6. The fourth-order valence-corrected chi connectivity index (χ4v) is 5.34. The second kappa shape index (κ2) is 9.74. The van der Waals surface area contributed by atoms with Gasteiger partial charge in [-0.1, -0.05) is 17.7 Å². The third-order valence-electron chi connectivity index (χ3n) is 6.99. The molecule has 5 nitrogen and oxygen atoms in total. The first-order valence-corrected chi connectivity index (χ1v) is 12.2. The van der Waals surface area contributed by atoms with Crippen LogP contribution in [0.3, 0.4) is 0 Å². The van der Waals surface area contributed by atoms with Crippen LogP contribution < -0.4 is 9.80 Å². The third kappa shape index (κ3) is 4.61. The van der Waals surface area contributed by atoms with Crippen molar-refractivity contribution >= 4 is 33.9 Å². The molecule has 2 aliphatic heterocycles. The van der Waals surface area contributed by atoms with Gasteiger partial charge in [0.05, 0.1) is 13.2 Å². The fraction of sp³-hybridized carbons (Fsp3) is 0.462. The molecule has 3 heterocycles. The number of piperazine rings is 1. The van der Waals surface area contributed by atoms with Crippen molar-refractivity contribution in [2.24, 2.45) is 0 Å². The number of H-pyrrole nitrogens is 1. The third-order valence-corrected chi connectivity index (χ3v) is 7.23. The van der Waals surface area contributed by atoms with Crippen molar-refractivity contribution in [1.29, 1.82) is 0 Å². The summed E-state index contributed by atoms with van der Waals surface area (Å²) in [5.74, 6) is 0. The van der Waals surface area contributed by atoms with Crippen LogP contribution >= 0.6 is 11.6 Å². The Balaban J connectivity index is 1.15. The van der Waals surface area contributed by atoms with Gasteiger partial charge in [0, 0.05) is 72.8 Å². The van der Waals surface area contributed by atoms with Gasteiger partial charge in [-0.3, -0.25) is 4.90 Å². The lowest BCUT2D eigenvalue weighted by molar-refractivity contribution is 0.122. The lowest BCUT2D eigenvalue weighted by atomic mass is 10.1. The zero-order chi connectivity index (χ0) is 21.9. The van der Waals surface area contributed by atoms with Crippen molar-refractivity contribution < 1.29 is 4.74 Å². The topological polar surface area (TPSA) is 34.7 Å². The average Bonchev–Trinajstić information content (AvgIpc) is 3.22. The van der Waals surface area contributed by atoms with E-state index in [1.165, 1.54) is 39.8 Å². The van der Waals surface area contributed by atoms with Crippen molar-refractivity contribution in [3.8, 4) is 0 Å². The van der Waals surface area contributed by atoms with Crippen LogP contribution in [0, 0.1) is 6.92 Å². The van der Waals surface area contributed by atoms with Gasteiger partial charge in [-0.2, -0.15) is 0 Å². The lowest BCUT2D eigenvalue weighted by Crippen LogP contribution is -2.47. The Labute approximate surface area is 195 Å². The Morgan fingerprint density at radius 3 is 2.41 bits per heavy atom. The number of hydrogen-bond acceptors (Lipinski definition) is 4. The molecule has 2 fully saturated rings. The maximum atomic E-state index is 6.20. The summed E-state index contributed by atoms with van der Waals surface area (Å²) in [5.41, 5.74) is 6.71. The molecule has 0 radical (unpaired) electrons. The van der Waals surface area contributed by atoms with Gasteiger partial charge in [-0.25, -0.2) is 0 Å². The Hall–Kier alpha value is -2.21. The Morgan fingerprint density at radius 1 is 0.938 bits per heavy atom. The van der Waals surface area contributed by atoms with E-state index in [0.717, 1.165) is 70.5 Å². The predicted molar refractivity (Wildman–Crippen MR) is 134 cm³/mol. The van der Waals surface area contributed by atoms with E-state index in [1.54, 1.807) is 0 Å². The van der Waals surface area contributed by atoms with Gasteiger partial charge in [0.1, 0.15) is 0 Å². The first-order valence-electron chi connectivity index (χ1n) is 11.8. The Bertz CT molecular complexity index is 1050. The minimum Gasteiger partial charge on any atom is -0.378 e. The number of nitrogens with zero attached hydrogens (tertiary/aromatic N) is 3. The molecule has 2 saturated heterocycles. The van der Waals surface area contributed by atoms with E-state index < -0.39 is 0 Å². The largest absolute Gasteiger partial charge is 0.378 e. The van der Waals surface area contributed by atoms with Gasteiger partial charge in [-0.05, 0) is 67.8 Å². The summed E-state index contributed by atoms with van der Waals surface area (Å²) in [7, 11) is 0. The minimum atomic E-state index is 0.808. The van der Waals surface area contributed by atoms with E-state index in [-0.39, 0.29) is 0 Å². The number of aryl methyl sites for hydroxylation is 1. The number of anilines is 2. The zero-order valence-electron chi connectivity index (χ0n) is 18.9. The van der Waals surface area contributed by atoms with Gasteiger partial charge < -0.3 is 19.5 Å². The van der Waals surface area contributed by atoms with E-state index in [4.69, 9.17) is 16.3 Å². The van der Waals surface area contributed by atoms with Crippen molar-refractivity contribution in [2.45, 2.75) is 19.8 Å². The molecule has 2 aromatic carbocycles. The standard InChI is InChI=1S/C26H33ClN4O/c1-20-25(5-2-6-26(20)31-14-16-32-17-15-31)30-12-10-29(11-13-30)9-3-4-21-19-28-24-8-7-22(27)18-23(21)24/h2,5-8,18-19,28H,3-4,9-17H2,1H3. The van der Waals surface area contributed by atoms with Crippen LogP contribution in [0.5, 0.6) is 0 Å². The number of fused-ring (bicyclic) bond motifs is 1. The molecule has 0 bridgehead atoms. The molecule has 6 heteroatoms. The fourth-order valence-electron chi connectivity index (χ4n) is 5.16. The van der Waals surface area contributed by atoms with Gasteiger partial charge >= 0.3 is 0 Å². The Kier molecular flexibility index (Phi) is 6.58. The molecule has 32 heavy (non-hydrogen) atoms. The highest BCUT2D eigenvalue weighted by Crippen LogP contribution is 2.31. The van der Waals surface area contributed by atoms with Gasteiger partial charge in [0.2, 0.25) is 0 Å². The maximum Gasteiger partial charge on any atom is 0.0642 e. The number of halogens is 1. The first-order chi connectivity index (χ1) is 15.7. The summed E-state index contributed by atoms with van der Waals surface area (Å²) in [6, 6.07) is 12.9. The molecular formula is C26H33ClN4O. The lowest BCUT2D eigenvalue weighted by Gasteiger charge is -2.38. The molecule has 5 rings (SSSR count). The van der Waals surface area contributed by atoms with E-state index in [1.807, 2.05) is 6.07 Å². The summed E-state index contributed by atoms with van der Waals surface area (Å²) in [4.78, 5) is 11.0. The highest BCUT2D eigenvalue weighted by Gasteiger charge is 2.21. The number of aromatic amines is 1. The molecule has 3 aromatic rings.